The highest BCUT2D eigenvalue weighted by Crippen LogP contribution is 2.47. The lowest BCUT2D eigenvalue weighted by atomic mass is 9.67. The summed E-state index contributed by atoms with van der Waals surface area (Å²) in [7, 11) is 0. The van der Waals surface area contributed by atoms with E-state index in [2.05, 4.69) is 70.9 Å². The molecule has 0 aliphatic carbocycles. The van der Waals surface area contributed by atoms with Crippen molar-refractivity contribution in [2.24, 2.45) is 5.92 Å². The SMILES string of the molecule is Cc1ccc(N2CC(C(=O)N3CCC(c4c[nH]c5ccccc45)(c4c[nH]c5ccccc45)CC3)CC2=O)c(Cl)c1. The smallest absolute Gasteiger partial charge is 0.228 e. The van der Waals surface area contributed by atoms with Crippen molar-refractivity contribution in [1.29, 1.82) is 0 Å². The number of aromatic amines is 2. The van der Waals surface area contributed by atoms with Gasteiger partial charge < -0.3 is 19.8 Å². The summed E-state index contributed by atoms with van der Waals surface area (Å²) in [4.78, 5) is 37.4. The summed E-state index contributed by atoms with van der Waals surface area (Å²) in [6.45, 7) is 3.60. The standard InChI is InChI=1S/C33H31ClN4O2/c1-21-10-11-30(27(34)16-21)38-20-22(17-31(38)39)32(40)37-14-12-33(13-15-37,25-18-35-28-8-4-2-6-23(25)28)26-19-36-29-9-5-3-7-24(26)29/h2-11,16,18-19,22,35-36H,12-15,17,20H2,1H3. The number of aryl methyl sites for hydroxylation is 1. The van der Waals surface area contributed by atoms with Crippen LogP contribution in [0.5, 0.6) is 0 Å². The van der Waals surface area contributed by atoms with Crippen LogP contribution in [0.25, 0.3) is 21.8 Å². The van der Waals surface area contributed by atoms with Gasteiger partial charge in [0, 0.05) is 65.7 Å². The van der Waals surface area contributed by atoms with E-state index >= 15 is 0 Å². The topological polar surface area (TPSA) is 72.2 Å². The number of H-pyrrole nitrogens is 2. The van der Waals surface area contributed by atoms with Crippen molar-refractivity contribution in [2.45, 2.75) is 31.6 Å². The molecule has 0 spiro atoms. The molecule has 0 saturated carbocycles. The van der Waals surface area contributed by atoms with Crippen LogP contribution in [-0.4, -0.2) is 46.3 Å². The van der Waals surface area contributed by atoms with Gasteiger partial charge in [0.2, 0.25) is 11.8 Å². The van der Waals surface area contributed by atoms with Crippen molar-refractivity contribution < 1.29 is 9.59 Å². The van der Waals surface area contributed by atoms with Gasteiger partial charge in [0.05, 0.1) is 16.6 Å². The van der Waals surface area contributed by atoms with E-state index in [1.807, 2.05) is 30.0 Å². The summed E-state index contributed by atoms with van der Waals surface area (Å²) in [5.74, 6) is -0.350. The van der Waals surface area contributed by atoms with Crippen LogP contribution in [0.1, 0.15) is 36.0 Å². The van der Waals surface area contributed by atoms with E-state index in [0.717, 1.165) is 29.4 Å². The molecule has 2 N–H and O–H groups in total. The van der Waals surface area contributed by atoms with Crippen molar-refractivity contribution in [3.63, 3.8) is 0 Å². The quantitative estimate of drug-likeness (QED) is 0.265. The maximum Gasteiger partial charge on any atom is 0.228 e. The van der Waals surface area contributed by atoms with E-state index in [1.54, 1.807) is 4.90 Å². The number of likely N-dealkylation sites (tertiary alicyclic amines) is 1. The van der Waals surface area contributed by atoms with Gasteiger partial charge in [-0.25, -0.2) is 0 Å². The van der Waals surface area contributed by atoms with E-state index in [1.165, 1.54) is 21.9 Å². The van der Waals surface area contributed by atoms with Crippen LogP contribution in [0.3, 0.4) is 0 Å². The molecule has 40 heavy (non-hydrogen) atoms. The highest BCUT2D eigenvalue weighted by atomic mass is 35.5. The number of benzene rings is 3. The lowest BCUT2D eigenvalue weighted by Crippen LogP contribution is -2.47. The van der Waals surface area contributed by atoms with Crippen LogP contribution in [-0.2, 0) is 15.0 Å². The van der Waals surface area contributed by atoms with Gasteiger partial charge in [0.15, 0.2) is 0 Å². The zero-order valence-corrected chi connectivity index (χ0v) is 23.2. The van der Waals surface area contributed by atoms with Gasteiger partial charge in [0.1, 0.15) is 0 Å². The second kappa shape index (κ2) is 9.56. The molecule has 1 unspecified atom stereocenters. The Morgan fingerprint density at radius 1 is 0.900 bits per heavy atom. The molecule has 2 aromatic heterocycles. The third-order valence-corrected chi connectivity index (χ3v) is 9.31. The third-order valence-electron chi connectivity index (χ3n) is 9.01. The predicted molar refractivity (Wildman–Crippen MR) is 160 cm³/mol. The first-order chi connectivity index (χ1) is 19.4. The number of hydrogen-bond donors (Lipinski definition) is 2. The second-order valence-electron chi connectivity index (χ2n) is 11.3. The zero-order valence-electron chi connectivity index (χ0n) is 22.4. The zero-order chi connectivity index (χ0) is 27.4. The fourth-order valence-electron chi connectivity index (χ4n) is 6.92. The molecule has 2 saturated heterocycles. The van der Waals surface area contributed by atoms with Gasteiger partial charge in [-0.05, 0) is 60.7 Å². The Morgan fingerprint density at radius 2 is 1.50 bits per heavy atom. The summed E-state index contributed by atoms with van der Waals surface area (Å²) in [5, 5.41) is 2.99. The number of carbonyl (C=O) groups is 2. The van der Waals surface area contributed by atoms with E-state index in [-0.39, 0.29) is 29.6 Å². The molecule has 6 nitrogen and oxygen atoms in total. The Balaban J connectivity index is 1.18. The van der Waals surface area contributed by atoms with E-state index in [9.17, 15) is 9.59 Å². The molecule has 2 amide bonds. The van der Waals surface area contributed by atoms with E-state index < -0.39 is 0 Å². The molecule has 1 atom stereocenters. The van der Waals surface area contributed by atoms with Gasteiger partial charge in [-0.15, -0.1) is 0 Å². The molecule has 2 aliphatic rings. The monoisotopic (exact) mass is 550 g/mol. The minimum atomic E-state index is -0.362. The summed E-state index contributed by atoms with van der Waals surface area (Å²) >= 11 is 6.47. The van der Waals surface area contributed by atoms with Crippen LogP contribution in [0.15, 0.2) is 79.1 Å². The first kappa shape index (κ1) is 25.0. The molecule has 4 heterocycles. The maximum absolute atomic E-state index is 13.8. The number of carbonyl (C=O) groups excluding carboxylic acids is 2. The van der Waals surface area contributed by atoms with Crippen molar-refractivity contribution in [1.82, 2.24) is 14.9 Å². The van der Waals surface area contributed by atoms with E-state index in [4.69, 9.17) is 11.6 Å². The largest absolute Gasteiger partial charge is 0.361 e. The molecule has 7 heteroatoms. The highest BCUT2D eigenvalue weighted by Gasteiger charge is 2.44. The van der Waals surface area contributed by atoms with Gasteiger partial charge in [-0.3, -0.25) is 9.59 Å². The molecular weight excluding hydrogens is 520 g/mol. The fourth-order valence-corrected chi connectivity index (χ4v) is 7.26. The number of para-hydroxylation sites is 2. The Morgan fingerprint density at radius 3 is 2.10 bits per heavy atom. The molecule has 2 fully saturated rings. The number of aromatic nitrogens is 2. The minimum absolute atomic E-state index is 0.0481. The highest BCUT2D eigenvalue weighted by molar-refractivity contribution is 6.34. The van der Waals surface area contributed by atoms with Crippen LogP contribution in [0.2, 0.25) is 5.02 Å². The third kappa shape index (κ3) is 3.93. The number of amides is 2. The summed E-state index contributed by atoms with van der Waals surface area (Å²) in [5.41, 5.74) is 6.26. The van der Waals surface area contributed by atoms with Crippen molar-refractivity contribution in [2.75, 3.05) is 24.5 Å². The summed E-state index contributed by atoms with van der Waals surface area (Å²) in [6, 6.07) is 22.6. The number of nitrogens with zero attached hydrogens (tertiary/aromatic N) is 2. The average molecular weight is 551 g/mol. The molecule has 202 valence electrons. The molecule has 3 aromatic carbocycles. The first-order valence-corrected chi connectivity index (χ1v) is 14.3. The molecule has 2 aliphatic heterocycles. The van der Waals surface area contributed by atoms with Crippen LogP contribution in [0, 0.1) is 12.8 Å². The fraction of sp³-hybridized carbons (Fsp3) is 0.273. The Hall–Kier alpha value is -4.03. The van der Waals surface area contributed by atoms with Crippen LogP contribution >= 0.6 is 11.6 Å². The van der Waals surface area contributed by atoms with Crippen molar-refractivity contribution in [3.8, 4) is 0 Å². The number of nitrogens with one attached hydrogen (secondary N) is 2. The maximum atomic E-state index is 13.8. The summed E-state index contributed by atoms with van der Waals surface area (Å²) in [6.07, 6.45) is 6.13. The predicted octanol–water partition coefficient (Wildman–Crippen LogP) is 6.57. The average Bonchev–Trinajstić information content (AvgIpc) is 3.70. The second-order valence-corrected chi connectivity index (χ2v) is 11.7. The normalized spacial score (nSPS) is 19.1. The molecule has 0 bridgehead atoms. The van der Waals surface area contributed by atoms with Gasteiger partial charge >= 0.3 is 0 Å². The molecule has 5 aromatic rings. The number of hydrogen-bond acceptors (Lipinski definition) is 2. The lowest BCUT2D eigenvalue weighted by Gasteiger charge is -2.43. The molecular formula is C33H31ClN4O2. The Bertz CT molecular complexity index is 1680. The van der Waals surface area contributed by atoms with Crippen LogP contribution < -0.4 is 4.90 Å². The minimum Gasteiger partial charge on any atom is -0.361 e. The number of fused-ring (bicyclic) bond motifs is 2. The van der Waals surface area contributed by atoms with E-state index in [0.29, 0.717) is 30.3 Å². The lowest BCUT2D eigenvalue weighted by molar-refractivity contribution is -0.137. The first-order valence-electron chi connectivity index (χ1n) is 13.9. The number of piperidine rings is 1. The molecule has 7 rings (SSSR count). The molecule has 0 radical (unpaired) electrons. The summed E-state index contributed by atoms with van der Waals surface area (Å²) < 4.78 is 0. The van der Waals surface area contributed by atoms with Gasteiger partial charge in [-0.1, -0.05) is 54.1 Å². The Labute approximate surface area is 237 Å². The Kier molecular flexibility index (Phi) is 5.97. The van der Waals surface area contributed by atoms with Gasteiger partial charge in [0.25, 0.3) is 0 Å². The van der Waals surface area contributed by atoms with Crippen molar-refractivity contribution in [3.05, 3.63) is 101 Å². The number of halogens is 1. The number of rotatable bonds is 4. The van der Waals surface area contributed by atoms with Crippen molar-refractivity contribution >= 4 is 50.9 Å². The van der Waals surface area contributed by atoms with Crippen LogP contribution in [0.4, 0.5) is 5.69 Å². The van der Waals surface area contributed by atoms with Gasteiger partial charge in [-0.2, -0.15) is 0 Å². The number of anilines is 1.